The highest BCUT2D eigenvalue weighted by atomic mass is 79.9. The summed E-state index contributed by atoms with van der Waals surface area (Å²) in [5.74, 6) is -1.53. The van der Waals surface area contributed by atoms with Gasteiger partial charge in [0.2, 0.25) is 0 Å². The van der Waals surface area contributed by atoms with Crippen molar-refractivity contribution >= 4 is 22.0 Å². The lowest BCUT2D eigenvalue weighted by molar-refractivity contribution is 0.0672. The average molecular weight is 511 g/mol. The number of hydrogen-bond donors (Lipinski definition) is 4. The zero-order valence-electron chi connectivity index (χ0n) is 17.2. The van der Waals surface area contributed by atoms with E-state index in [2.05, 4.69) is 33.1 Å². The lowest BCUT2D eigenvalue weighted by Crippen LogP contribution is -2.48. The van der Waals surface area contributed by atoms with Crippen molar-refractivity contribution in [1.29, 1.82) is 0 Å². The molecule has 2 aromatic carbocycles. The van der Waals surface area contributed by atoms with Crippen LogP contribution in [0, 0.1) is 11.6 Å². The minimum atomic E-state index is -1.33. The number of carboxylic acid groups (broad SMARTS) is 1. The van der Waals surface area contributed by atoms with E-state index in [1.54, 1.807) is 6.08 Å². The van der Waals surface area contributed by atoms with Crippen LogP contribution in [0.25, 0.3) is 0 Å². The van der Waals surface area contributed by atoms with Crippen LogP contribution in [0.5, 0.6) is 0 Å². The molecule has 4 atom stereocenters. The van der Waals surface area contributed by atoms with Crippen LogP contribution in [0.2, 0.25) is 0 Å². The Balaban J connectivity index is 1.70. The molecular formula is C23H25BrF2N2O4. The fourth-order valence-electron chi connectivity index (χ4n) is 3.97. The van der Waals surface area contributed by atoms with Crippen LogP contribution in [-0.2, 0) is 11.2 Å². The Morgan fingerprint density at radius 3 is 2.62 bits per heavy atom. The van der Waals surface area contributed by atoms with Gasteiger partial charge in [-0.2, -0.15) is 0 Å². The first-order chi connectivity index (χ1) is 15.3. The molecule has 0 radical (unpaired) electrons. The van der Waals surface area contributed by atoms with Crippen molar-refractivity contribution in [2.45, 2.75) is 37.1 Å². The molecule has 32 heavy (non-hydrogen) atoms. The second kappa shape index (κ2) is 11.0. The first-order valence-electron chi connectivity index (χ1n) is 10.1. The summed E-state index contributed by atoms with van der Waals surface area (Å²) in [6.07, 6.45) is -0.352. The summed E-state index contributed by atoms with van der Waals surface area (Å²) < 4.78 is 33.8. The van der Waals surface area contributed by atoms with Gasteiger partial charge in [-0.15, -0.1) is 6.58 Å². The average Bonchev–Trinajstić information content (AvgIpc) is 3.05. The van der Waals surface area contributed by atoms with Crippen molar-refractivity contribution in [1.82, 2.24) is 10.6 Å². The van der Waals surface area contributed by atoms with E-state index >= 15 is 0 Å². The minimum Gasteiger partial charge on any atom is -0.465 e. The van der Waals surface area contributed by atoms with E-state index in [0.29, 0.717) is 13.0 Å². The molecular weight excluding hydrogens is 486 g/mol. The summed E-state index contributed by atoms with van der Waals surface area (Å²) in [7, 11) is 0. The number of rotatable bonds is 10. The lowest BCUT2D eigenvalue weighted by Gasteiger charge is -2.25. The van der Waals surface area contributed by atoms with Gasteiger partial charge in [0.25, 0.3) is 0 Å². The van der Waals surface area contributed by atoms with Gasteiger partial charge in [0.1, 0.15) is 11.6 Å². The highest BCUT2D eigenvalue weighted by Gasteiger charge is 2.32. The molecule has 0 aliphatic heterocycles. The van der Waals surface area contributed by atoms with Crippen LogP contribution < -0.4 is 10.6 Å². The molecule has 0 fully saturated rings. The molecule has 0 bridgehead atoms. The normalized spacial score (nSPS) is 19.2. The molecule has 9 heteroatoms. The molecule has 0 unspecified atom stereocenters. The van der Waals surface area contributed by atoms with Crippen LogP contribution in [-0.4, -0.2) is 41.6 Å². The van der Waals surface area contributed by atoms with Crippen molar-refractivity contribution in [3.8, 4) is 0 Å². The zero-order valence-corrected chi connectivity index (χ0v) is 18.8. The quantitative estimate of drug-likeness (QED) is 0.359. The van der Waals surface area contributed by atoms with Crippen molar-refractivity contribution < 1.29 is 28.5 Å². The van der Waals surface area contributed by atoms with E-state index in [0.717, 1.165) is 33.8 Å². The molecule has 172 valence electrons. The van der Waals surface area contributed by atoms with E-state index in [4.69, 9.17) is 9.84 Å². The van der Waals surface area contributed by atoms with Crippen LogP contribution in [0.3, 0.4) is 0 Å². The molecule has 0 spiro atoms. The predicted molar refractivity (Wildman–Crippen MR) is 119 cm³/mol. The molecule has 3 rings (SSSR count). The Morgan fingerprint density at radius 1 is 1.25 bits per heavy atom. The fraction of sp³-hybridized carbons (Fsp3) is 0.348. The van der Waals surface area contributed by atoms with Gasteiger partial charge >= 0.3 is 6.09 Å². The number of hydrogen-bond acceptors (Lipinski definition) is 4. The Kier molecular flexibility index (Phi) is 8.36. The summed E-state index contributed by atoms with van der Waals surface area (Å²) in [6, 6.07) is 7.80. The summed E-state index contributed by atoms with van der Waals surface area (Å²) >= 11 is 3.47. The van der Waals surface area contributed by atoms with Gasteiger partial charge in [-0.3, -0.25) is 0 Å². The second-order valence-corrected chi connectivity index (χ2v) is 8.60. The highest BCUT2D eigenvalue weighted by Crippen LogP contribution is 2.42. The number of ether oxygens (including phenoxy) is 1. The third-order valence-electron chi connectivity index (χ3n) is 5.36. The van der Waals surface area contributed by atoms with Crippen molar-refractivity contribution in [3.05, 3.63) is 81.9 Å². The van der Waals surface area contributed by atoms with E-state index < -0.39 is 29.9 Å². The molecule has 1 amide bonds. The summed E-state index contributed by atoms with van der Waals surface area (Å²) in [4.78, 5) is 11.2. The number of halogens is 3. The Bertz CT molecular complexity index is 955. The van der Waals surface area contributed by atoms with Crippen LogP contribution in [0.4, 0.5) is 13.6 Å². The number of aliphatic hydroxyl groups excluding tert-OH is 1. The minimum absolute atomic E-state index is 0.0630. The third kappa shape index (κ3) is 6.35. The van der Waals surface area contributed by atoms with E-state index in [1.807, 2.05) is 18.2 Å². The summed E-state index contributed by atoms with van der Waals surface area (Å²) in [5, 5.41) is 25.4. The van der Waals surface area contributed by atoms with Gasteiger partial charge in [-0.25, -0.2) is 13.6 Å². The number of carbonyl (C=O) groups is 1. The molecule has 1 aliphatic rings. The van der Waals surface area contributed by atoms with Gasteiger partial charge in [0.05, 0.1) is 24.9 Å². The molecule has 0 saturated heterocycles. The number of aliphatic hydroxyl groups is 1. The molecule has 1 aliphatic carbocycles. The standard InChI is InChI=1S/C23H25BrF2N2O4/c1-2-5-32-22-11-19(18-9-14(24)3-4-17(18)22)27-12-21(29)20(28-23(30)31)8-13-6-15(25)10-16(26)7-13/h2-4,6-7,9-10,19-22,27-29H,1,5,8,11-12H2,(H,30,31)/t19-,20-,21-,22+/m0/s1. The summed E-state index contributed by atoms with van der Waals surface area (Å²) in [5.41, 5.74) is 2.31. The van der Waals surface area contributed by atoms with E-state index in [9.17, 15) is 18.7 Å². The molecule has 4 N–H and O–H groups in total. The topological polar surface area (TPSA) is 90.8 Å². The first-order valence-corrected chi connectivity index (χ1v) is 10.9. The number of nitrogens with one attached hydrogen (secondary N) is 2. The van der Waals surface area contributed by atoms with Crippen molar-refractivity contribution in [2.24, 2.45) is 0 Å². The predicted octanol–water partition coefficient (Wildman–Crippen LogP) is 4.25. The fourth-order valence-corrected chi connectivity index (χ4v) is 4.35. The lowest BCUT2D eigenvalue weighted by atomic mass is 10.0. The van der Waals surface area contributed by atoms with Crippen molar-refractivity contribution in [2.75, 3.05) is 13.2 Å². The highest BCUT2D eigenvalue weighted by molar-refractivity contribution is 9.10. The molecule has 0 saturated carbocycles. The number of benzene rings is 2. The van der Waals surface area contributed by atoms with Gasteiger partial charge in [-0.1, -0.05) is 28.1 Å². The smallest absolute Gasteiger partial charge is 0.404 e. The monoisotopic (exact) mass is 510 g/mol. The zero-order chi connectivity index (χ0) is 23.3. The van der Waals surface area contributed by atoms with Crippen LogP contribution in [0.15, 0.2) is 53.5 Å². The van der Waals surface area contributed by atoms with Gasteiger partial charge in [0, 0.05) is 23.1 Å². The van der Waals surface area contributed by atoms with Gasteiger partial charge in [-0.05, 0) is 53.8 Å². The maximum atomic E-state index is 13.5. The molecule has 2 aromatic rings. The van der Waals surface area contributed by atoms with Crippen LogP contribution in [0.1, 0.15) is 35.3 Å². The molecule has 0 aromatic heterocycles. The Hall–Kier alpha value is -2.33. The first kappa shape index (κ1) is 24.3. The van der Waals surface area contributed by atoms with Crippen LogP contribution >= 0.6 is 15.9 Å². The molecule has 0 heterocycles. The van der Waals surface area contributed by atoms with Gasteiger partial charge in [0.15, 0.2) is 0 Å². The second-order valence-electron chi connectivity index (χ2n) is 7.69. The van der Waals surface area contributed by atoms with E-state index in [-0.39, 0.29) is 30.7 Å². The maximum absolute atomic E-state index is 13.5. The molecule has 6 nitrogen and oxygen atoms in total. The van der Waals surface area contributed by atoms with Gasteiger partial charge < -0.3 is 25.6 Å². The largest absolute Gasteiger partial charge is 0.465 e. The van der Waals surface area contributed by atoms with E-state index in [1.165, 1.54) is 0 Å². The Labute approximate surface area is 193 Å². The maximum Gasteiger partial charge on any atom is 0.404 e. The Morgan fingerprint density at radius 2 is 1.97 bits per heavy atom. The van der Waals surface area contributed by atoms with Crippen molar-refractivity contribution in [3.63, 3.8) is 0 Å². The number of fused-ring (bicyclic) bond motifs is 1. The number of amides is 1. The third-order valence-corrected chi connectivity index (χ3v) is 5.85. The summed E-state index contributed by atoms with van der Waals surface area (Å²) in [6.45, 7) is 4.15. The SMILES string of the molecule is C=CCO[C@@H]1C[C@H](NC[C@H](O)[C@H](Cc2cc(F)cc(F)c2)NC(=O)O)c2cc(Br)ccc21.